The SMILES string of the molecule is O=C1c2ccsc2-c2sc(Br)c(Br)c21. The fourth-order valence-electron chi connectivity index (χ4n) is 1.54. The smallest absolute Gasteiger partial charge is 0.197 e. The van der Waals surface area contributed by atoms with Gasteiger partial charge in [0.1, 0.15) is 0 Å². The lowest BCUT2D eigenvalue weighted by molar-refractivity contribution is 0.104. The minimum absolute atomic E-state index is 0.144. The van der Waals surface area contributed by atoms with Crippen LogP contribution in [0.2, 0.25) is 0 Å². The van der Waals surface area contributed by atoms with Crippen molar-refractivity contribution in [1.82, 2.24) is 0 Å². The molecule has 0 fully saturated rings. The molecule has 1 aliphatic rings. The first kappa shape index (κ1) is 9.27. The number of halogens is 2. The van der Waals surface area contributed by atoms with Crippen molar-refractivity contribution in [3.63, 3.8) is 0 Å². The zero-order valence-electron chi connectivity index (χ0n) is 6.64. The number of ketones is 1. The molecule has 0 aromatic carbocycles. The van der Waals surface area contributed by atoms with Crippen LogP contribution in [0.1, 0.15) is 15.9 Å². The fraction of sp³-hybridized carbons (Fsp3) is 0. The van der Waals surface area contributed by atoms with Crippen molar-refractivity contribution in [1.29, 1.82) is 0 Å². The van der Waals surface area contributed by atoms with E-state index >= 15 is 0 Å². The Morgan fingerprint density at radius 2 is 2.00 bits per heavy atom. The van der Waals surface area contributed by atoms with E-state index in [0.717, 1.165) is 29.1 Å². The summed E-state index contributed by atoms with van der Waals surface area (Å²) in [6.07, 6.45) is 0. The summed E-state index contributed by atoms with van der Waals surface area (Å²) in [5.74, 6) is 0.144. The monoisotopic (exact) mass is 348 g/mol. The van der Waals surface area contributed by atoms with Crippen LogP contribution < -0.4 is 0 Å². The maximum atomic E-state index is 11.9. The molecule has 0 saturated carbocycles. The first-order valence-electron chi connectivity index (χ1n) is 3.80. The first-order valence-corrected chi connectivity index (χ1v) is 7.08. The van der Waals surface area contributed by atoms with Gasteiger partial charge in [-0.05, 0) is 43.3 Å². The van der Waals surface area contributed by atoms with Gasteiger partial charge in [-0.15, -0.1) is 22.7 Å². The summed E-state index contributed by atoms with van der Waals surface area (Å²) in [4.78, 5) is 14.2. The third kappa shape index (κ3) is 1.01. The van der Waals surface area contributed by atoms with Gasteiger partial charge < -0.3 is 0 Å². The normalized spacial score (nSPS) is 13.1. The summed E-state index contributed by atoms with van der Waals surface area (Å²) in [6.45, 7) is 0. The molecule has 2 aromatic heterocycles. The predicted molar refractivity (Wildman–Crippen MR) is 66.5 cm³/mol. The van der Waals surface area contributed by atoms with Crippen LogP contribution in [0, 0.1) is 0 Å². The summed E-state index contributed by atoms with van der Waals surface area (Å²) in [7, 11) is 0. The van der Waals surface area contributed by atoms with E-state index in [4.69, 9.17) is 0 Å². The van der Waals surface area contributed by atoms with Crippen molar-refractivity contribution in [2.75, 3.05) is 0 Å². The molecule has 14 heavy (non-hydrogen) atoms. The van der Waals surface area contributed by atoms with E-state index in [1.54, 1.807) is 22.7 Å². The molecule has 0 amide bonds. The van der Waals surface area contributed by atoms with Crippen LogP contribution >= 0.6 is 54.5 Å². The van der Waals surface area contributed by atoms with Crippen LogP contribution in [0.3, 0.4) is 0 Å². The third-order valence-electron chi connectivity index (χ3n) is 2.15. The Balaban J connectivity index is 2.43. The number of carbonyl (C=O) groups is 1. The summed E-state index contributed by atoms with van der Waals surface area (Å²) < 4.78 is 1.89. The lowest BCUT2D eigenvalue weighted by Crippen LogP contribution is -1.93. The molecule has 0 aliphatic heterocycles. The molecule has 70 valence electrons. The summed E-state index contributed by atoms with van der Waals surface area (Å²) in [6, 6.07) is 1.90. The Morgan fingerprint density at radius 3 is 2.79 bits per heavy atom. The lowest BCUT2D eigenvalue weighted by atomic mass is 10.2. The Labute approximate surface area is 105 Å². The molecule has 0 radical (unpaired) electrons. The summed E-state index contributed by atoms with van der Waals surface area (Å²) in [5.41, 5.74) is 1.67. The molecule has 0 bridgehead atoms. The van der Waals surface area contributed by atoms with Gasteiger partial charge in [0.05, 0.1) is 23.6 Å². The van der Waals surface area contributed by atoms with Crippen LogP contribution in [0.5, 0.6) is 0 Å². The Morgan fingerprint density at radius 1 is 1.21 bits per heavy atom. The largest absolute Gasteiger partial charge is 0.288 e. The second kappa shape index (κ2) is 3.01. The van der Waals surface area contributed by atoms with Crippen LogP contribution in [0.4, 0.5) is 0 Å². The second-order valence-corrected chi connectivity index (χ2v) is 6.93. The third-order valence-corrected chi connectivity index (χ3v) is 6.68. The van der Waals surface area contributed by atoms with Gasteiger partial charge in [0.2, 0.25) is 0 Å². The van der Waals surface area contributed by atoms with Gasteiger partial charge in [-0.3, -0.25) is 4.79 Å². The van der Waals surface area contributed by atoms with Crippen LogP contribution in [-0.4, -0.2) is 5.78 Å². The molecule has 1 aliphatic carbocycles. The van der Waals surface area contributed by atoms with E-state index in [0.29, 0.717) is 0 Å². The molecule has 0 saturated heterocycles. The number of rotatable bonds is 0. The highest BCUT2D eigenvalue weighted by Crippen LogP contribution is 2.50. The molecule has 0 unspecified atom stereocenters. The number of hydrogen-bond acceptors (Lipinski definition) is 3. The topological polar surface area (TPSA) is 17.1 Å². The average Bonchev–Trinajstić information content (AvgIpc) is 2.76. The Kier molecular flexibility index (Phi) is 1.99. The molecule has 3 rings (SSSR count). The lowest BCUT2D eigenvalue weighted by Gasteiger charge is -1.90. The van der Waals surface area contributed by atoms with Crippen LogP contribution in [-0.2, 0) is 0 Å². The highest BCUT2D eigenvalue weighted by molar-refractivity contribution is 9.13. The number of hydrogen-bond donors (Lipinski definition) is 0. The van der Waals surface area contributed by atoms with Gasteiger partial charge in [0, 0.05) is 5.56 Å². The van der Waals surface area contributed by atoms with Gasteiger partial charge in [0.25, 0.3) is 0 Å². The van der Waals surface area contributed by atoms with E-state index in [1.807, 2.05) is 11.4 Å². The minimum atomic E-state index is 0.144. The fourth-order valence-corrected chi connectivity index (χ4v) is 4.96. The maximum Gasteiger partial charge on any atom is 0.197 e. The van der Waals surface area contributed by atoms with Crippen molar-refractivity contribution < 1.29 is 4.79 Å². The van der Waals surface area contributed by atoms with Gasteiger partial charge in [-0.2, -0.15) is 0 Å². The Hall–Kier alpha value is 0.0300. The summed E-state index contributed by atoms with van der Waals surface area (Å²) in [5, 5.41) is 1.97. The van der Waals surface area contributed by atoms with E-state index in [-0.39, 0.29) is 5.78 Å². The highest BCUT2D eigenvalue weighted by Gasteiger charge is 2.33. The molecule has 2 aromatic rings. The molecule has 1 nitrogen and oxygen atoms in total. The average molecular weight is 350 g/mol. The van der Waals surface area contributed by atoms with Gasteiger partial charge in [-0.25, -0.2) is 0 Å². The maximum absolute atomic E-state index is 11.9. The van der Waals surface area contributed by atoms with Gasteiger partial charge >= 0.3 is 0 Å². The quantitative estimate of drug-likeness (QED) is 0.582. The van der Waals surface area contributed by atoms with E-state index in [9.17, 15) is 4.79 Å². The zero-order chi connectivity index (χ0) is 9.87. The predicted octanol–water partition coefficient (Wildman–Crippen LogP) is 4.55. The minimum Gasteiger partial charge on any atom is -0.288 e. The molecular weight excluding hydrogens is 348 g/mol. The van der Waals surface area contributed by atoms with E-state index in [1.165, 1.54) is 0 Å². The highest BCUT2D eigenvalue weighted by atomic mass is 79.9. The molecule has 0 N–H and O–H groups in total. The Bertz CT molecular complexity index is 553. The number of carbonyl (C=O) groups excluding carboxylic acids is 1. The van der Waals surface area contributed by atoms with Crippen molar-refractivity contribution >= 4 is 60.3 Å². The molecule has 5 heteroatoms. The van der Waals surface area contributed by atoms with Gasteiger partial charge in [0.15, 0.2) is 5.78 Å². The van der Waals surface area contributed by atoms with Crippen LogP contribution in [0.15, 0.2) is 19.7 Å². The van der Waals surface area contributed by atoms with E-state index < -0.39 is 0 Å². The zero-order valence-corrected chi connectivity index (χ0v) is 11.4. The van der Waals surface area contributed by atoms with Gasteiger partial charge in [-0.1, -0.05) is 0 Å². The molecule has 0 atom stereocenters. The van der Waals surface area contributed by atoms with Crippen molar-refractivity contribution in [3.8, 4) is 9.75 Å². The second-order valence-electron chi connectivity index (χ2n) is 2.89. The van der Waals surface area contributed by atoms with E-state index in [2.05, 4.69) is 31.9 Å². The van der Waals surface area contributed by atoms with Crippen molar-refractivity contribution in [2.24, 2.45) is 0 Å². The number of fused-ring (bicyclic) bond motifs is 3. The number of thiophene rings is 2. The molecule has 2 heterocycles. The summed E-state index contributed by atoms with van der Waals surface area (Å²) >= 11 is 10.1. The van der Waals surface area contributed by atoms with Crippen molar-refractivity contribution in [3.05, 3.63) is 30.8 Å². The van der Waals surface area contributed by atoms with Crippen LogP contribution in [0.25, 0.3) is 9.75 Å². The standard InChI is InChI=1S/C9H2Br2OS2/c10-5-4-6(12)3-1-2-13-7(3)8(4)14-9(5)11/h1-2H. The first-order chi connectivity index (χ1) is 6.70. The molecule has 0 spiro atoms. The van der Waals surface area contributed by atoms with Crippen molar-refractivity contribution in [2.45, 2.75) is 0 Å². The molecular formula is C9H2Br2OS2.